The van der Waals surface area contributed by atoms with Crippen LogP contribution < -0.4 is 10.0 Å². The van der Waals surface area contributed by atoms with Crippen molar-refractivity contribution in [1.29, 1.82) is 0 Å². The Balaban J connectivity index is 1.39. The summed E-state index contributed by atoms with van der Waals surface area (Å²) in [5, 5.41) is 3.24. The third kappa shape index (κ3) is 5.07. The van der Waals surface area contributed by atoms with E-state index in [9.17, 15) is 12.8 Å². The summed E-state index contributed by atoms with van der Waals surface area (Å²) in [5.74, 6) is -0.123. The second kappa shape index (κ2) is 9.53. The van der Waals surface area contributed by atoms with Crippen molar-refractivity contribution in [1.82, 2.24) is 19.9 Å². The number of pyridine rings is 2. The average Bonchev–Trinajstić information content (AvgIpc) is 2.86. The number of nitrogens with one attached hydrogen (secondary N) is 2. The molecule has 0 atom stereocenters. The van der Waals surface area contributed by atoms with E-state index >= 15 is 0 Å². The fourth-order valence-corrected chi connectivity index (χ4v) is 5.31. The molecule has 2 N–H and O–H groups in total. The SMILES string of the molecule is Cc1cc(-c2ccc(NS(=O)(=O)c3ccccn3)c(F)c2)nc2cnc(NC3CCCCC3)nc12. The number of benzene rings is 1. The molecular formula is C25H25FN6O2S. The van der Waals surface area contributed by atoms with Gasteiger partial charge in [-0.25, -0.2) is 24.3 Å². The van der Waals surface area contributed by atoms with Crippen molar-refractivity contribution in [3.8, 4) is 11.3 Å². The normalized spacial score (nSPS) is 14.7. The highest BCUT2D eigenvalue weighted by Gasteiger charge is 2.19. The van der Waals surface area contributed by atoms with Gasteiger partial charge in [0.1, 0.15) is 11.3 Å². The molecule has 0 aliphatic heterocycles. The van der Waals surface area contributed by atoms with Gasteiger partial charge in [-0.15, -0.1) is 0 Å². The molecule has 4 aromatic rings. The van der Waals surface area contributed by atoms with E-state index in [2.05, 4.69) is 30.0 Å². The number of fused-ring (bicyclic) bond motifs is 1. The first-order valence-corrected chi connectivity index (χ1v) is 13.0. The molecule has 10 heteroatoms. The van der Waals surface area contributed by atoms with Crippen LogP contribution in [-0.4, -0.2) is 34.4 Å². The van der Waals surface area contributed by atoms with Crippen LogP contribution in [0.25, 0.3) is 22.3 Å². The molecule has 180 valence electrons. The van der Waals surface area contributed by atoms with E-state index in [0.29, 0.717) is 28.8 Å². The molecule has 0 bridgehead atoms. The molecule has 1 aromatic carbocycles. The topological polar surface area (TPSA) is 110 Å². The molecule has 0 saturated heterocycles. The van der Waals surface area contributed by atoms with E-state index in [1.165, 1.54) is 43.7 Å². The summed E-state index contributed by atoms with van der Waals surface area (Å²) in [6.45, 7) is 1.93. The maximum atomic E-state index is 14.9. The van der Waals surface area contributed by atoms with E-state index in [-0.39, 0.29) is 10.7 Å². The largest absolute Gasteiger partial charge is 0.351 e. The predicted octanol–water partition coefficient (Wildman–Crippen LogP) is 5.08. The molecule has 1 aliphatic rings. The molecule has 35 heavy (non-hydrogen) atoms. The second-order valence-corrected chi connectivity index (χ2v) is 10.3. The standard InChI is InChI=1S/C25H25FN6O2S/c1-16-13-21(30-22-15-28-25(31-24(16)22)29-18-7-3-2-4-8-18)17-10-11-20(19(26)14-17)32-35(33,34)23-9-5-6-12-27-23/h5-6,9-15,18,32H,2-4,7-8H2,1H3,(H,28,29,31). The Morgan fingerprint density at radius 2 is 1.83 bits per heavy atom. The lowest BCUT2D eigenvalue weighted by Gasteiger charge is -2.22. The third-order valence-electron chi connectivity index (χ3n) is 6.10. The minimum atomic E-state index is -4.00. The Labute approximate surface area is 203 Å². The molecule has 1 aliphatic carbocycles. The number of sulfonamides is 1. The van der Waals surface area contributed by atoms with Crippen LogP contribution in [0.3, 0.4) is 0 Å². The molecule has 0 spiro atoms. The first-order valence-electron chi connectivity index (χ1n) is 11.5. The zero-order valence-electron chi connectivity index (χ0n) is 19.2. The number of halogens is 1. The lowest BCUT2D eigenvalue weighted by Crippen LogP contribution is -2.23. The molecule has 5 rings (SSSR count). The van der Waals surface area contributed by atoms with Crippen LogP contribution in [-0.2, 0) is 10.0 Å². The average molecular weight is 493 g/mol. The maximum Gasteiger partial charge on any atom is 0.279 e. The lowest BCUT2D eigenvalue weighted by molar-refractivity contribution is 0.461. The quantitative estimate of drug-likeness (QED) is 0.386. The molecule has 3 heterocycles. The van der Waals surface area contributed by atoms with E-state index in [4.69, 9.17) is 0 Å². The van der Waals surface area contributed by atoms with Gasteiger partial charge < -0.3 is 5.32 Å². The van der Waals surface area contributed by atoms with E-state index in [1.807, 2.05) is 13.0 Å². The predicted molar refractivity (Wildman–Crippen MR) is 133 cm³/mol. The molecular weight excluding hydrogens is 467 g/mol. The summed E-state index contributed by atoms with van der Waals surface area (Å²) in [4.78, 5) is 17.5. The second-order valence-electron chi connectivity index (χ2n) is 8.70. The van der Waals surface area contributed by atoms with Gasteiger partial charge in [-0.3, -0.25) is 4.72 Å². The van der Waals surface area contributed by atoms with Crippen molar-refractivity contribution in [3.63, 3.8) is 0 Å². The van der Waals surface area contributed by atoms with Crippen LogP contribution in [0.2, 0.25) is 0 Å². The van der Waals surface area contributed by atoms with Gasteiger partial charge in [-0.2, -0.15) is 8.42 Å². The van der Waals surface area contributed by atoms with Crippen LogP contribution in [0, 0.1) is 12.7 Å². The van der Waals surface area contributed by atoms with Crippen LogP contribution in [0.4, 0.5) is 16.0 Å². The van der Waals surface area contributed by atoms with Crippen molar-refractivity contribution in [3.05, 3.63) is 66.2 Å². The van der Waals surface area contributed by atoms with Gasteiger partial charge in [-0.05, 0) is 55.7 Å². The Morgan fingerprint density at radius 3 is 2.57 bits per heavy atom. The van der Waals surface area contributed by atoms with Gasteiger partial charge >= 0.3 is 0 Å². The van der Waals surface area contributed by atoms with Crippen molar-refractivity contribution in [2.75, 3.05) is 10.0 Å². The first kappa shape index (κ1) is 23.1. The summed E-state index contributed by atoms with van der Waals surface area (Å²) in [6.07, 6.45) is 9.00. The zero-order valence-corrected chi connectivity index (χ0v) is 20.0. The molecule has 0 radical (unpaired) electrons. The number of nitrogens with zero attached hydrogens (tertiary/aromatic N) is 4. The smallest absolute Gasteiger partial charge is 0.279 e. The molecule has 8 nitrogen and oxygen atoms in total. The van der Waals surface area contributed by atoms with Crippen LogP contribution in [0.1, 0.15) is 37.7 Å². The van der Waals surface area contributed by atoms with E-state index in [0.717, 1.165) is 23.9 Å². The maximum absolute atomic E-state index is 14.9. The van der Waals surface area contributed by atoms with Crippen molar-refractivity contribution in [2.45, 2.75) is 50.1 Å². The minimum absolute atomic E-state index is 0.168. The summed E-state index contributed by atoms with van der Waals surface area (Å²) in [7, 11) is -4.00. The highest BCUT2D eigenvalue weighted by molar-refractivity contribution is 7.92. The number of rotatable bonds is 6. The van der Waals surface area contributed by atoms with E-state index < -0.39 is 15.8 Å². The molecule has 0 unspecified atom stereocenters. The Bertz CT molecular complexity index is 1470. The highest BCUT2D eigenvalue weighted by atomic mass is 32.2. The number of hydrogen-bond donors (Lipinski definition) is 2. The number of aryl methyl sites for hydroxylation is 1. The fraction of sp³-hybridized carbons (Fsp3) is 0.280. The molecule has 1 fully saturated rings. The monoisotopic (exact) mass is 492 g/mol. The van der Waals surface area contributed by atoms with Gasteiger partial charge in [0, 0.05) is 17.8 Å². The minimum Gasteiger partial charge on any atom is -0.351 e. The number of anilines is 2. The molecule has 3 aromatic heterocycles. The van der Waals surface area contributed by atoms with Crippen molar-refractivity contribution >= 4 is 32.7 Å². The van der Waals surface area contributed by atoms with Crippen molar-refractivity contribution < 1.29 is 12.8 Å². The number of aromatic nitrogens is 4. The fourth-order valence-electron chi connectivity index (χ4n) is 4.29. The van der Waals surface area contributed by atoms with Crippen LogP contribution in [0.15, 0.2) is 59.9 Å². The Morgan fingerprint density at radius 1 is 1.00 bits per heavy atom. The summed E-state index contributed by atoms with van der Waals surface area (Å²) in [6, 6.07) is 11.0. The van der Waals surface area contributed by atoms with Crippen LogP contribution >= 0.6 is 0 Å². The van der Waals surface area contributed by atoms with Gasteiger partial charge in [-0.1, -0.05) is 31.4 Å². The first-order chi connectivity index (χ1) is 16.9. The highest BCUT2D eigenvalue weighted by Crippen LogP contribution is 2.28. The van der Waals surface area contributed by atoms with Gasteiger partial charge in [0.15, 0.2) is 5.03 Å². The Hall–Kier alpha value is -3.66. The van der Waals surface area contributed by atoms with Crippen LogP contribution in [0.5, 0.6) is 0 Å². The molecule has 1 saturated carbocycles. The third-order valence-corrected chi connectivity index (χ3v) is 7.38. The lowest BCUT2D eigenvalue weighted by atomic mass is 9.96. The van der Waals surface area contributed by atoms with Gasteiger partial charge in [0.05, 0.1) is 23.1 Å². The van der Waals surface area contributed by atoms with Crippen molar-refractivity contribution in [2.24, 2.45) is 0 Å². The molecule has 0 amide bonds. The summed E-state index contributed by atoms with van der Waals surface area (Å²) >= 11 is 0. The Kier molecular flexibility index (Phi) is 6.29. The van der Waals surface area contributed by atoms with E-state index in [1.54, 1.807) is 24.4 Å². The van der Waals surface area contributed by atoms with Gasteiger partial charge in [0.25, 0.3) is 10.0 Å². The van der Waals surface area contributed by atoms with Gasteiger partial charge in [0.2, 0.25) is 5.95 Å². The zero-order chi connectivity index (χ0) is 24.4. The number of hydrogen-bond acceptors (Lipinski definition) is 7. The summed E-state index contributed by atoms with van der Waals surface area (Å²) in [5.41, 5.74) is 3.12. The summed E-state index contributed by atoms with van der Waals surface area (Å²) < 4.78 is 42.1.